The number of hydrogen-bond donors (Lipinski definition) is 2. The van der Waals surface area contributed by atoms with Gasteiger partial charge in [0.25, 0.3) is 0 Å². The SMILES string of the molecule is CNc1nc(NCCCN2CCOCC2)nc(OC)n1. The van der Waals surface area contributed by atoms with Crippen molar-refractivity contribution in [3.63, 3.8) is 0 Å². The standard InChI is InChI=1S/C12H22N6O2/c1-13-10-15-11(17-12(16-10)19-2)14-4-3-5-18-6-8-20-9-7-18/h3-9H2,1-2H3,(H2,13,14,15,16,17). The third-order valence-corrected chi connectivity index (χ3v) is 3.06. The number of morpholine rings is 1. The second-order valence-corrected chi connectivity index (χ2v) is 4.45. The molecule has 1 aromatic heterocycles. The predicted molar refractivity (Wildman–Crippen MR) is 76.3 cm³/mol. The summed E-state index contributed by atoms with van der Waals surface area (Å²) in [7, 11) is 3.30. The van der Waals surface area contributed by atoms with E-state index in [1.165, 1.54) is 7.11 Å². The van der Waals surface area contributed by atoms with Crippen LogP contribution in [0.5, 0.6) is 6.01 Å². The number of rotatable bonds is 7. The van der Waals surface area contributed by atoms with Gasteiger partial charge < -0.3 is 20.1 Å². The number of ether oxygens (including phenoxy) is 2. The lowest BCUT2D eigenvalue weighted by molar-refractivity contribution is 0.0378. The number of methoxy groups -OCH3 is 1. The Labute approximate surface area is 118 Å². The molecule has 0 atom stereocenters. The maximum Gasteiger partial charge on any atom is 0.322 e. The van der Waals surface area contributed by atoms with Gasteiger partial charge in [-0.3, -0.25) is 4.90 Å². The monoisotopic (exact) mass is 282 g/mol. The summed E-state index contributed by atoms with van der Waals surface area (Å²) in [6.07, 6.45) is 1.03. The van der Waals surface area contributed by atoms with Gasteiger partial charge in [0.05, 0.1) is 20.3 Å². The smallest absolute Gasteiger partial charge is 0.322 e. The van der Waals surface area contributed by atoms with Crippen LogP contribution >= 0.6 is 0 Å². The molecule has 8 nitrogen and oxygen atoms in total. The molecule has 2 N–H and O–H groups in total. The summed E-state index contributed by atoms with van der Waals surface area (Å²) in [6, 6.07) is 0.306. The zero-order valence-corrected chi connectivity index (χ0v) is 12.1. The highest BCUT2D eigenvalue weighted by Gasteiger charge is 2.09. The predicted octanol–water partition coefficient (Wildman–Crippen LogP) is 0.0561. The van der Waals surface area contributed by atoms with E-state index in [0.29, 0.717) is 17.9 Å². The van der Waals surface area contributed by atoms with E-state index in [0.717, 1.165) is 45.8 Å². The molecule has 2 rings (SSSR count). The molecule has 1 aliphatic rings. The Hall–Kier alpha value is -1.67. The minimum Gasteiger partial charge on any atom is -0.467 e. The number of aromatic nitrogens is 3. The molecule has 8 heteroatoms. The third kappa shape index (κ3) is 4.46. The van der Waals surface area contributed by atoms with Crippen molar-refractivity contribution in [2.45, 2.75) is 6.42 Å². The zero-order chi connectivity index (χ0) is 14.2. The quantitative estimate of drug-likeness (QED) is 0.679. The van der Waals surface area contributed by atoms with Crippen molar-refractivity contribution in [1.29, 1.82) is 0 Å². The molecule has 0 bridgehead atoms. The summed E-state index contributed by atoms with van der Waals surface area (Å²) in [5.74, 6) is 1.02. The van der Waals surface area contributed by atoms with Crippen LogP contribution in [-0.2, 0) is 4.74 Å². The van der Waals surface area contributed by atoms with E-state index in [-0.39, 0.29) is 0 Å². The molecular weight excluding hydrogens is 260 g/mol. The molecule has 0 unspecified atom stereocenters. The first-order valence-electron chi connectivity index (χ1n) is 6.83. The summed E-state index contributed by atoms with van der Waals surface area (Å²) < 4.78 is 10.4. The molecule has 0 spiro atoms. The van der Waals surface area contributed by atoms with Crippen LogP contribution in [0.3, 0.4) is 0 Å². The highest BCUT2D eigenvalue weighted by molar-refractivity contribution is 5.35. The Kier molecular flexibility index (Phi) is 5.75. The fourth-order valence-electron chi connectivity index (χ4n) is 1.97. The molecule has 0 aliphatic carbocycles. The van der Waals surface area contributed by atoms with Gasteiger partial charge in [-0.1, -0.05) is 0 Å². The first kappa shape index (κ1) is 14.7. The molecule has 1 aromatic rings. The highest BCUT2D eigenvalue weighted by atomic mass is 16.5. The van der Waals surface area contributed by atoms with Crippen molar-refractivity contribution >= 4 is 11.9 Å². The minimum atomic E-state index is 0.306. The second kappa shape index (κ2) is 7.81. The lowest BCUT2D eigenvalue weighted by atomic mass is 10.3. The Morgan fingerprint density at radius 2 is 1.95 bits per heavy atom. The van der Waals surface area contributed by atoms with Gasteiger partial charge in [-0.2, -0.15) is 15.0 Å². The Bertz CT molecular complexity index is 389. The van der Waals surface area contributed by atoms with Crippen LogP contribution in [0, 0.1) is 0 Å². The van der Waals surface area contributed by atoms with E-state index < -0.39 is 0 Å². The minimum absolute atomic E-state index is 0.306. The number of nitrogens with one attached hydrogen (secondary N) is 2. The Morgan fingerprint density at radius 3 is 2.65 bits per heavy atom. The molecule has 1 saturated heterocycles. The van der Waals surface area contributed by atoms with Crippen LogP contribution in [0.25, 0.3) is 0 Å². The van der Waals surface area contributed by atoms with Gasteiger partial charge in [0.2, 0.25) is 11.9 Å². The molecule has 0 saturated carbocycles. The Morgan fingerprint density at radius 1 is 1.20 bits per heavy atom. The molecular formula is C12H22N6O2. The largest absolute Gasteiger partial charge is 0.467 e. The van der Waals surface area contributed by atoms with Crippen molar-refractivity contribution in [2.75, 3.05) is 64.2 Å². The maximum atomic E-state index is 5.32. The summed E-state index contributed by atoms with van der Waals surface area (Å²) in [5, 5.41) is 6.07. The van der Waals surface area contributed by atoms with Crippen molar-refractivity contribution < 1.29 is 9.47 Å². The summed E-state index contributed by atoms with van der Waals surface area (Å²) >= 11 is 0. The molecule has 2 heterocycles. The maximum absolute atomic E-state index is 5.32. The van der Waals surface area contributed by atoms with Gasteiger partial charge in [-0.15, -0.1) is 0 Å². The summed E-state index contributed by atoms with van der Waals surface area (Å²) in [6.45, 7) is 5.57. The van der Waals surface area contributed by atoms with Gasteiger partial charge in [-0.25, -0.2) is 0 Å². The zero-order valence-electron chi connectivity index (χ0n) is 12.1. The topological polar surface area (TPSA) is 84.4 Å². The average Bonchev–Trinajstić information content (AvgIpc) is 2.52. The van der Waals surface area contributed by atoms with E-state index in [2.05, 4.69) is 30.5 Å². The van der Waals surface area contributed by atoms with Crippen molar-refractivity contribution in [2.24, 2.45) is 0 Å². The fourth-order valence-corrected chi connectivity index (χ4v) is 1.97. The molecule has 20 heavy (non-hydrogen) atoms. The van der Waals surface area contributed by atoms with Crippen molar-refractivity contribution in [3.05, 3.63) is 0 Å². The average molecular weight is 282 g/mol. The second-order valence-electron chi connectivity index (χ2n) is 4.45. The summed E-state index contributed by atoms with van der Waals surface area (Å²) in [4.78, 5) is 14.8. The molecule has 0 aromatic carbocycles. The lowest BCUT2D eigenvalue weighted by Gasteiger charge is -2.26. The van der Waals surface area contributed by atoms with Crippen LogP contribution < -0.4 is 15.4 Å². The fraction of sp³-hybridized carbons (Fsp3) is 0.750. The number of hydrogen-bond acceptors (Lipinski definition) is 8. The van der Waals surface area contributed by atoms with E-state index >= 15 is 0 Å². The van der Waals surface area contributed by atoms with Crippen LogP contribution in [0.1, 0.15) is 6.42 Å². The third-order valence-electron chi connectivity index (χ3n) is 3.06. The molecule has 0 radical (unpaired) electrons. The van der Waals surface area contributed by atoms with E-state index in [4.69, 9.17) is 9.47 Å². The Balaban J connectivity index is 1.75. The van der Waals surface area contributed by atoms with Gasteiger partial charge in [0.15, 0.2) is 0 Å². The van der Waals surface area contributed by atoms with Crippen LogP contribution in [0.15, 0.2) is 0 Å². The van der Waals surface area contributed by atoms with Gasteiger partial charge in [-0.05, 0) is 13.0 Å². The first-order chi connectivity index (χ1) is 9.81. The summed E-state index contributed by atoms with van der Waals surface area (Å²) in [5.41, 5.74) is 0. The van der Waals surface area contributed by atoms with E-state index in [1.807, 2.05) is 0 Å². The first-order valence-corrected chi connectivity index (χ1v) is 6.83. The number of nitrogens with zero attached hydrogens (tertiary/aromatic N) is 4. The highest BCUT2D eigenvalue weighted by Crippen LogP contribution is 2.10. The van der Waals surface area contributed by atoms with E-state index in [1.54, 1.807) is 7.05 Å². The van der Waals surface area contributed by atoms with Crippen molar-refractivity contribution in [1.82, 2.24) is 19.9 Å². The van der Waals surface area contributed by atoms with Gasteiger partial charge >= 0.3 is 6.01 Å². The van der Waals surface area contributed by atoms with Crippen LogP contribution in [0.4, 0.5) is 11.9 Å². The van der Waals surface area contributed by atoms with Crippen molar-refractivity contribution in [3.8, 4) is 6.01 Å². The normalized spacial score (nSPS) is 15.9. The van der Waals surface area contributed by atoms with Crippen LogP contribution in [-0.4, -0.2) is 73.4 Å². The van der Waals surface area contributed by atoms with Gasteiger partial charge in [0, 0.05) is 26.7 Å². The number of anilines is 2. The molecule has 1 aliphatic heterocycles. The molecule has 0 amide bonds. The van der Waals surface area contributed by atoms with Crippen LogP contribution in [0.2, 0.25) is 0 Å². The lowest BCUT2D eigenvalue weighted by Crippen LogP contribution is -2.37. The molecule has 1 fully saturated rings. The molecule has 112 valence electrons. The van der Waals surface area contributed by atoms with E-state index in [9.17, 15) is 0 Å². The van der Waals surface area contributed by atoms with Gasteiger partial charge in [0.1, 0.15) is 0 Å².